The molecule has 0 aromatic heterocycles. The Bertz CT molecular complexity index is 1260. The number of carbonyl (C=O) groups excluding carboxylic acids is 3. The van der Waals surface area contributed by atoms with Crippen molar-refractivity contribution >= 4 is 17.8 Å². The van der Waals surface area contributed by atoms with Gasteiger partial charge in [-0.15, -0.1) is 0 Å². The molecule has 3 aromatic rings. The number of ether oxygens (including phenoxy) is 1. The van der Waals surface area contributed by atoms with Crippen molar-refractivity contribution in [1.29, 1.82) is 0 Å². The van der Waals surface area contributed by atoms with Crippen LogP contribution in [0.1, 0.15) is 27.0 Å². The van der Waals surface area contributed by atoms with Crippen molar-refractivity contribution in [1.82, 2.24) is 15.5 Å². The first-order valence-corrected chi connectivity index (χ1v) is 10.4. The van der Waals surface area contributed by atoms with Crippen LogP contribution in [-0.2, 0) is 23.5 Å². The molecule has 1 saturated heterocycles. The number of nitrogens with one attached hydrogen (secondary N) is 2. The van der Waals surface area contributed by atoms with E-state index >= 15 is 0 Å². The zero-order valence-corrected chi connectivity index (χ0v) is 17.5. The highest BCUT2D eigenvalue weighted by Crippen LogP contribution is 2.36. The normalized spacial score (nSPS) is 19.3. The second kappa shape index (κ2) is 8.05. The van der Waals surface area contributed by atoms with Crippen molar-refractivity contribution in [2.75, 3.05) is 6.54 Å². The minimum absolute atomic E-state index is 0.134. The lowest BCUT2D eigenvalue weighted by Gasteiger charge is -2.32. The first kappa shape index (κ1) is 20.7. The van der Waals surface area contributed by atoms with Gasteiger partial charge < -0.3 is 15.0 Å². The number of benzene rings is 3. The molecule has 166 valence electrons. The highest BCUT2D eigenvalue weighted by molar-refractivity contribution is 6.08. The van der Waals surface area contributed by atoms with Crippen LogP contribution in [0.15, 0.2) is 72.8 Å². The number of para-hydroxylation sites is 1. The van der Waals surface area contributed by atoms with Gasteiger partial charge in [0.15, 0.2) is 5.54 Å². The first-order chi connectivity index (χ1) is 16.0. The van der Waals surface area contributed by atoms with Gasteiger partial charge in [-0.2, -0.15) is 0 Å². The number of nitrogens with zero attached hydrogens (tertiary/aromatic N) is 1. The molecule has 0 radical (unpaired) electrons. The molecule has 3 aromatic carbocycles. The van der Waals surface area contributed by atoms with Crippen LogP contribution in [0.5, 0.6) is 5.75 Å². The Hall–Kier alpha value is -4.20. The van der Waals surface area contributed by atoms with Gasteiger partial charge in [0.05, 0.1) is 6.54 Å². The van der Waals surface area contributed by atoms with Crippen LogP contribution in [0.3, 0.4) is 0 Å². The van der Waals surface area contributed by atoms with Gasteiger partial charge >= 0.3 is 6.03 Å². The molecule has 33 heavy (non-hydrogen) atoms. The van der Waals surface area contributed by atoms with Crippen LogP contribution in [-0.4, -0.2) is 29.3 Å². The minimum Gasteiger partial charge on any atom is -0.489 e. The fraction of sp³-hybridized carbons (Fsp3) is 0.160. The fourth-order valence-corrected chi connectivity index (χ4v) is 4.31. The van der Waals surface area contributed by atoms with Crippen molar-refractivity contribution in [3.63, 3.8) is 0 Å². The number of fused-ring (bicyclic) bond motifs is 1. The van der Waals surface area contributed by atoms with E-state index in [4.69, 9.17) is 4.74 Å². The fourth-order valence-electron chi connectivity index (χ4n) is 4.31. The van der Waals surface area contributed by atoms with Crippen molar-refractivity contribution in [2.24, 2.45) is 0 Å². The summed E-state index contributed by atoms with van der Waals surface area (Å²) in [5, 5.41) is 4.99. The zero-order valence-electron chi connectivity index (χ0n) is 17.5. The van der Waals surface area contributed by atoms with Gasteiger partial charge in [-0.25, -0.2) is 9.18 Å². The average Bonchev–Trinajstić information content (AvgIpc) is 3.28. The molecule has 1 unspecified atom stereocenters. The molecule has 2 aliphatic rings. The topological polar surface area (TPSA) is 87.7 Å². The van der Waals surface area contributed by atoms with Crippen LogP contribution in [0.2, 0.25) is 0 Å². The molecule has 7 nitrogen and oxygen atoms in total. The summed E-state index contributed by atoms with van der Waals surface area (Å²) in [7, 11) is 0. The molecule has 0 aliphatic carbocycles. The summed E-state index contributed by atoms with van der Waals surface area (Å²) >= 11 is 0. The second-order valence-electron chi connectivity index (χ2n) is 8.05. The molecule has 0 saturated carbocycles. The molecule has 8 heteroatoms. The van der Waals surface area contributed by atoms with Gasteiger partial charge in [-0.1, -0.05) is 54.6 Å². The van der Waals surface area contributed by atoms with Crippen molar-refractivity contribution < 1.29 is 23.5 Å². The SMILES string of the molecule is O=C1NC(=O)C(CN2Cc3ccc(F)cc3C2=O)(c2ccccc2OCc2ccccc2)N1. The number of hydrogen-bond acceptors (Lipinski definition) is 4. The lowest BCUT2D eigenvalue weighted by Crippen LogP contribution is -2.52. The van der Waals surface area contributed by atoms with E-state index in [1.165, 1.54) is 17.0 Å². The molecule has 5 rings (SSSR count). The molecule has 1 atom stereocenters. The number of urea groups is 1. The smallest absolute Gasteiger partial charge is 0.322 e. The Morgan fingerprint density at radius 1 is 0.970 bits per heavy atom. The zero-order chi connectivity index (χ0) is 23.0. The molecule has 0 spiro atoms. The quantitative estimate of drug-likeness (QED) is 0.571. The van der Waals surface area contributed by atoms with Gasteiger partial charge in [0.2, 0.25) is 0 Å². The largest absolute Gasteiger partial charge is 0.489 e. The second-order valence-corrected chi connectivity index (χ2v) is 8.05. The Labute approximate surface area is 189 Å². The standard InChI is InChI=1S/C25H20FN3O4/c26-18-11-10-17-13-29(22(30)19(17)12-18)15-25(23(31)27-24(32)28-25)20-8-4-5-9-21(20)33-14-16-6-2-1-3-7-16/h1-12H,13-15H2,(H2,27,28,31,32). The van der Waals surface area contributed by atoms with Crippen molar-refractivity contribution in [2.45, 2.75) is 18.7 Å². The lowest BCUT2D eigenvalue weighted by atomic mass is 9.88. The third kappa shape index (κ3) is 3.69. The van der Waals surface area contributed by atoms with Crippen molar-refractivity contribution in [3.05, 3.63) is 101 Å². The van der Waals surface area contributed by atoms with E-state index in [0.717, 1.165) is 5.56 Å². The highest BCUT2D eigenvalue weighted by Gasteiger charge is 2.51. The van der Waals surface area contributed by atoms with Gasteiger partial charge in [-0.05, 0) is 29.3 Å². The Morgan fingerprint density at radius 3 is 2.48 bits per heavy atom. The Morgan fingerprint density at radius 2 is 1.73 bits per heavy atom. The summed E-state index contributed by atoms with van der Waals surface area (Å²) in [6, 6.07) is 19.8. The van der Waals surface area contributed by atoms with E-state index < -0.39 is 29.2 Å². The van der Waals surface area contributed by atoms with E-state index in [0.29, 0.717) is 16.9 Å². The van der Waals surface area contributed by atoms with Gasteiger partial charge in [0.25, 0.3) is 11.8 Å². The van der Waals surface area contributed by atoms with Crippen LogP contribution in [0.25, 0.3) is 0 Å². The van der Waals surface area contributed by atoms with Crippen molar-refractivity contribution in [3.8, 4) is 5.75 Å². The monoisotopic (exact) mass is 445 g/mol. The summed E-state index contributed by atoms with van der Waals surface area (Å²) in [5.74, 6) is -1.09. The summed E-state index contributed by atoms with van der Waals surface area (Å²) in [6.45, 7) is 0.328. The predicted molar refractivity (Wildman–Crippen MR) is 117 cm³/mol. The maximum absolute atomic E-state index is 13.7. The molecule has 2 N–H and O–H groups in total. The molecule has 1 fully saturated rings. The number of rotatable bonds is 6. The van der Waals surface area contributed by atoms with Gasteiger partial charge in [-0.3, -0.25) is 14.9 Å². The highest BCUT2D eigenvalue weighted by atomic mass is 19.1. The summed E-state index contributed by atoms with van der Waals surface area (Å²) in [4.78, 5) is 39.7. The maximum Gasteiger partial charge on any atom is 0.322 e. The number of imide groups is 1. The molecule has 2 heterocycles. The average molecular weight is 445 g/mol. The third-order valence-electron chi connectivity index (χ3n) is 5.90. The predicted octanol–water partition coefficient (Wildman–Crippen LogP) is 3.10. The number of halogens is 1. The number of carbonyl (C=O) groups is 3. The first-order valence-electron chi connectivity index (χ1n) is 10.4. The van der Waals surface area contributed by atoms with Crippen LogP contribution in [0.4, 0.5) is 9.18 Å². The minimum atomic E-state index is -1.55. The molecule has 4 amide bonds. The van der Waals surface area contributed by atoms with E-state index in [2.05, 4.69) is 10.6 Å². The third-order valence-corrected chi connectivity index (χ3v) is 5.90. The van der Waals surface area contributed by atoms with Crippen LogP contribution in [0, 0.1) is 5.82 Å². The maximum atomic E-state index is 13.7. The Kier molecular flexibility index (Phi) is 5.05. The summed E-state index contributed by atoms with van der Waals surface area (Å²) < 4.78 is 19.7. The number of hydrogen-bond donors (Lipinski definition) is 2. The molecule has 0 bridgehead atoms. The Balaban J connectivity index is 1.49. The van der Waals surface area contributed by atoms with Crippen LogP contribution >= 0.6 is 0 Å². The van der Waals surface area contributed by atoms with E-state index in [1.807, 2.05) is 30.3 Å². The lowest BCUT2D eigenvalue weighted by molar-refractivity contribution is -0.124. The molecular weight excluding hydrogens is 425 g/mol. The van der Waals surface area contributed by atoms with Gasteiger partial charge in [0.1, 0.15) is 18.2 Å². The number of amides is 4. The van der Waals surface area contributed by atoms with E-state index in [-0.39, 0.29) is 25.3 Å². The van der Waals surface area contributed by atoms with E-state index in [9.17, 15) is 18.8 Å². The summed E-state index contributed by atoms with van der Waals surface area (Å²) in [5.41, 5.74) is 0.728. The van der Waals surface area contributed by atoms with Gasteiger partial charge in [0, 0.05) is 17.7 Å². The molecular formula is C25H20FN3O4. The summed E-state index contributed by atoms with van der Waals surface area (Å²) in [6.07, 6.45) is 0. The molecule has 2 aliphatic heterocycles. The van der Waals surface area contributed by atoms with E-state index in [1.54, 1.807) is 30.3 Å². The van der Waals surface area contributed by atoms with Crippen LogP contribution < -0.4 is 15.4 Å².